The Morgan fingerprint density at radius 1 is 1.11 bits per heavy atom. The summed E-state index contributed by atoms with van der Waals surface area (Å²) in [6.45, 7) is 6.45. The number of ketones is 1. The van der Waals surface area contributed by atoms with Crippen LogP contribution >= 0.6 is 0 Å². The van der Waals surface area contributed by atoms with Crippen LogP contribution in [-0.2, 0) is 13.6 Å². The van der Waals surface area contributed by atoms with Gasteiger partial charge in [-0.2, -0.15) is 0 Å². The fourth-order valence-electron chi connectivity index (χ4n) is 4.53. The smallest absolute Gasteiger partial charge is 0.178 e. The van der Waals surface area contributed by atoms with Crippen LogP contribution < -0.4 is 0 Å². The largest absolute Gasteiger partial charge is 0.353 e. The first-order valence-electron chi connectivity index (χ1n) is 10.1. The first-order chi connectivity index (χ1) is 13.5. The van der Waals surface area contributed by atoms with E-state index in [0.717, 1.165) is 42.9 Å². The van der Waals surface area contributed by atoms with Crippen LogP contribution in [-0.4, -0.2) is 32.9 Å². The van der Waals surface area contributed by atoms with Crippen molar-refractivity contribution in [3.8, 4) is 0 Å². The van der Waals surface area contributed by atoms with E-state index in [1.807, 2.05) is 6.07 Å². The van der Waals surface area contributed by atoms with Gasteiger partial charge in [0, 0.05) is 42.4 Å². The highest BCUT2D eigenvalue weighted by Gasteiger charge is 2.30. The molecule has 3 aromatic rings. The number of nitrogens with zero attached hydrogens (tertiary/aromatic N) is 3. The van der Waals surface area contributed by atoms with Crippen molar-refractivity contribution in [3.05, 3.63) is 82.9 Å². The van der Waals surface area contributed by atoms with Gasteiger partial charge in [-0.3, -0.25) is 9.69 Å². The predicted molar refractivity (Wildman–Crippen MR) is 113 cm³/mol. The molecule has 1 saturated heterocycles. The van der Waals surface area contributed by atoms with Gasteiger partial charge in [0.05, 0.1) is 12.6 Å². The molecular formula is C24H29N3O. The zero-order chi connectivity index (χ0) is 19.7. The van der Waals surface area contributed by atoms with Crippen LogP contribution in [0.1, 0.15) is 51.9 Å². The fraction of sp³-hybridized carbons (Fsp3) is 0.375. The number of carbonyl (C=O) groups excluding carboxylic acids is 1. The lowest BCUT2D eigenvalue weighted by Gasteiger charge is -2.24. The summed E-state index contributed by atoms with van der Waals surface area (Å²) in [7, 11) is 2.09. The Hall–Kier alpha value is -2.59. The van der Waals surface area contributed by atoms with Gasteiger partial charge in [-0.25, -0.2) is 0 Å². The quantitative estimate of drug-likeness (QED) is 0.593. The molecule has 1 atom stereocenters. The fourth-order valence-corrected chi connectivity index (χ4v) is 4.53. The summed E-state index contributed by atoms with van der Waals surface area (Å²) < 4.78 is 4.43. The highest BCUT2D eigenvalue weighted by atomic mass is 16.1. The topological polar surface area (TPSA) is 30.2 Å². The molecule has 2 aromatic heterocycles. The molecule has 3 heterocycles. The molecule has 0 radical (unpaired) electrons. The number of aromatic nitrogens is 2. The predicted octanol–water partition coefficient (Wildman–Crippen LogP) is 4.51. The van der Waals surface area contributed by atoms with Crippen LogP contribution in [0.3, 0.4) is 0 Å². The molecular weight excluding hydrogens is 346 g/mol. The van der Waals surface area contributed by atoms with Crippen molar-refractivity contribution >= 4 is 5.78 Å². The van der Waals surface area contributed by atoms with E-state index in [-0.39, 0.29) is 5.78 Å². The van der Waals surface area contributed by atoms with Crippen molar-refractivity contribution in [2.75, 3.05) is 13.1 Å². The number of rotatable bonds is 6. The van der Waals surface area contributed by atoms with Crippen molar-refractivity contribution in [1.82, 2.24) is 14.0 Å². The number of carbonyl (C=O) groups is 1. The molecule has 4 nitrogen and oxygen atoms in total. The zero-order valence-electron chi connectivity index (χ0n) is 17.1. The molecule has 1 aliphatic rings. The normalized spacial score (nSPS) is 17.3. The van der Waals surface area contributed by atoms with E-state index in [1.165, 1.54) is 11.3 Å². The van der Waals surface area contributed by atoms with Crippen molar-refractivity contribution in [2.45, 2.75) is 39.3 Å². The Bertz CT molecular complexity index is 967. The van der Waals surface area contributed by atoms with Crippen LogP contribution in [0.5, 0.6) is 0 Å². The maximum atomic E-state index is 13.2. The number of aryl methyl sites for hydroxylation is 2. The van der Waals surface area contributed by atoms with Gasteiger partial charge < -0.3 is 9.13 Å². The van der Waals surface area contributed by atoms with Crippen LogP contribution in [0.25, 0.3) is 0 Å². The van der Waals surface area contributed by atoms with E-state index >= 15 is 0 Å². The summed E-state index contributed by atoms with van der Waals surface area (Å²) in [5.74, 6) is 0.230. The molecule has 0 spiro atoms. The molecule has 0 unspecified atom stereocenters. The standard InChI is InChI=1S/C24H29N3O/c1-18-15-21(19(2)27(18)16-20-9-5-4-6-10-20)24(28)17-26-14-8-12-23(26)22-11-7-13-25(22)3/h4-7,9-11,13,15,23H,8,12,14,16-17H2,1-3H3/t23-/m0/s1. The second kappa shape index (κ2) is 7.80. The van der Waals surface area contributed by atoms with Gasteiger partial charge in [0.2, 0.25) is 0 Å². The molecule has 28 heavy (non-hydrogen) atoms. The van der Waals surface area contributed by atoms with Crippen molar-refractivity contribution in [2.24, 2.45) is 7.05 Å². The maximum absolute atomic E-state index is 13.2. The third kappa shape index (κ3) is 3.57. The third-order valence-corrected chi connectivity index (χ3v) is 6.09. The number of hydrogen-bond acceptors (Lipinski definition) is 2. The van der Waals surface area contributed by atoms with E-state index < -0.39 is 0 Å². The lowest BCUT2D eigenvalue weighted by atomic mass is 10.1. The SMILES string of the molecule is Cc1cc(C(=O)CN2CCC[C@H]2c2cccn2C)c(C)n1Cc1ccccc1. The van der Waals surface area contributed by atoms with Gasteiger partial charge in [0.1, 0.15) is 0 Å². The summed E-state index contributed by atoms with van der Waals surface area (Å²) in [5.41, 5.74) is 5.64. The first kappa shape index (κ1) is 18.8. The highest BCUT2D eigenvalue weighted by molar-refractivity contribution is 5.99. The zero-order valence-corrected chi connectivity index (χ0v) is 17.1. The second-order valence-electron chi connectivity index (χ2n) is 7.95. The van der Waals surface area contributed by atoms with Crippen LogP contribution in [0.2, 0.25) is 0 Å². The van der Waals surface area contributed by atoms with Crippen molar-refractivity contribution < 1.29 is 4.79 Å². The molecule has 4 heteroatoms. The first-order valence-corrected chi connectivity index (χ1v) is 10.1. The molecule has 0 saturated carbocycles. The van der Waals surface area contributed by atoms with Gasteiger partial charge in [0.25, 0.3) is 0 Å². The molecule has 1 fully saturated rings. The Kier molecular flexibility index (Phi) is 5.23. The minimum Gasteiger partial charge on any atom is -0.353 e. The summed E-state index contributed by atoms with van der Waals surface area (Å²) in [4.78, 5) is 15.5. The molecule has 0 amide bonds. The van der Waals surface area contributed by atoms with Gasteiger partial charge in [-0.15, -0.1) is 0 Å². The van der Waals surface area contributed by atoms with Gasteiger partial charge >= 0.3 is 0 Å². The van der Waals surface area contributed by atoms with E-state index in [0.29, 0.717) is 12.6 Å². The molecule has 0 aliphatic carbocycles. The number of benzene rings is 1. The maximum Gasteiger partial charge on any atom is 0.178 e. The lowest BCUT2D eigenvalue weighted by Crippen LogP contribution is -2.30. The number of Topliss-reactive ketones (excluding diaryl/α,β-unsaturated/α-hetero) is 1. The van der Waals surface area contributed by atoms with Crippen molar-refractivity contribution in [3.63, 3.8) is 0 Å². The van der Waals surface area contributed by atoms with Gasteiger partial charge in [-0.05, 0) is 57.0 Å². The molecule has 1 aliphatic heterocycles. The number of hydrogen-bond donors (Lipinski definition) is 0. The van der Waals surface area contributed by atoms with E-state index in [9.17, 15) is 4.79 Å². The Labute approximate surface area is 167 Å². The van der Waals surface area contributed by atoms with Crippen LogP contribution in [0.4, 0.5) is 0 Å². The Balaban J connectivity index is 1.52. The van der Waals surface area contributed by atoms with Gasteiger partial charge in [0.15, 0.2) is 5.78 Å². The molecule has 1 aromatic carbocycles. The summed E-state index contributed by atoms with van der Waals surface area (Å²) in [5, 5.41) is 0. The minimum atomic E-state index is 0.230. The Morgan fingerprint density at radius 2 is 1.89 bits per heavy atom. The molecule has 4 rings (SSSR count). The van der Waals surface area contributed by atoms with Crippen LogP contribution in [0, 0.1) is 13.8 Å². The van der Waals surface area contributed by atoms with Gasteiger partial charge in [-0.1, -0.05) is 30.3 Å². The van der Waals surface area contributed by atoms with Crippen LogP contribution in [0.15, 0.2) is 54.7 Å². The molecule has 0 bridgehead atoms. The lowest BCUT2D eigenvalue weighted by molar-refractivity contribution is 0.0918. The summed E-state index contributed by atoms with van der Waals surface area (Å²) in [6.07, 6.45) is 4.36. The minimum absolute atomic E-state index is 0.230. The highest BCUT2D eigenvalue weighted by Crippen LogP contribution is 2.32. The van der Waals surface area contributed by atoms with E-state index in [4.69, 9.17) is 0 Å². The molecule has 146 valence electrons. The average molecular weight is 376 g/mol. The molecule has 0 N–H and O–H groups in total. The summed E-state index contributed by atoms with van der Waals surface area (Å²) in [6, 6.07) is 17.1. The third-order valence-electron chi connectivity index (χ3n) is 6.09. The monoisotopic (exact) mass is 375 g/mol. The van der Waals surface area contributed by atoms with E-state index in [2.05, 4.69) is 83.6 Å². The Morgan fingerprint density at radius 3 is 2.61 bits per heavy atom. The number of likely N-dealkylation sites (tertiary alicyclic amines) is 1. The summed E-state index contributed by atoms with van der Waals surface area (Å²) >= 11 is 0. The van der Waals surface area contributed by atoms with E-state index in [1.54, 1.807) is 0 Å². The second-order valence-corrected chi connectivity index (χ2v) is 7.95. The average Bonchev–Trinajstić information content (AvgIpc) is 3.38. The van der Waals surface area contributed by atoms with Crippen molar-refractivity contribution in [1.29, 1.82) is 0 Å².